The van der Waals surface area contributed by atoms with Crippen molar-refractivity contribution in [1.82, 2.24) is 0 Å². The third kappa shape index (κ3) is 1.94. The van der Waals surface area contributed by atoms with Gasteiger partial charge in [-0.1, -0.05) is 0 Å². The van der Waals surface area contributed by atoms with Gasteiger partial charge in [-0.3, -0.25) is 4.79 Å². The van der Waals surface area contributed by atoms with E-state index >= 15 is 0 Å². The second-order valence-electron chi connectivity index (χ2n) is 3.13. The summed E-state index contributed by atoms with van der Waals surface area (Å²) in [5, 5.41) is 0. The normalized spacial score (nSPS) is 21.5. The molecule has 11 heavy (non-hydrogen) atoms. The van der Waals surface area contributed by atoms with E-state index in [1.54, 1.807) is 0 Å². The van der Waals surface area contributed by atoms with E-state index in [0.29, 0.717) is 12.8 Å². The molecule has 64 valence electrons. The second kappa shape index (κ2) is 2.22. The van der Waals surface area contributed by atoms with Crippen LogP contribution in [-0.4, -0.2) is 12.0 Å². The zero-order chi connectivity index (χ0) is 8.70. The molecule has 0 aliphatic heterocycles. The minimum Gasteiger partial charge on any atom is -0.299 e. The highest BCUT2D eigenvalue weighted by Gasteiger charge is 2.53. The number of hydrogen-bond acceptors (Lipinski definition) is 1. The highest BCUT2D eigenvalue weighted by molar-refractivity contribution is 5.85. The molecule has 4 heteroatoms. The predicted molar refractivity (Wildman–Crippen MR) is 33.0 cm³/mol. The maximum absolute atomic E-state index is 11.8. The van der Waals surface area contributed by atoms with Crippen LogP contribution in [0, 0.1) is 5.41 Å². The first-order valence-corrected chi connectivity index (χ1v) is 3.44. The molecular formula is C7H9F3O. The Labute approximate surface area is 62.6 Å². The first-order valence-electron chi connectivity index (χ1n) is 3.44. The molecular weight excluding hydrogens is 157 g/mol. The topological polar surface area (TPSA) is 17.1 Å². The Morgan fingerprint density at radius 2 is 1.91 bits per heavy atom. The average Bonchev–Trinajstić information content (AvgIpc) is 2.43. The van der Waals surface area contributed by atoms with Crippen molar-refractivity contribution in [1.29, 1.82) is 0 Å². The van der Waals surface area contributed by atoms with Gasteiger partial charge in [-0.25, -0.2) is 0 Å². The van der Waals surface area contributed by atoms with Crippen LogP contribution in [0.2, 0.25) is 0 Å². The van der Waals surface area contributed by atoms with Gasteiger partial charge in [0.2, 0.25) is 0 Å². The molecule has 1 rings (SSSR count). The van der Waals surface area contributed by atoms with Crippen LogP contribution in [0.3, 0.4) is 0 Å². The molecule has 1 aliphatic carbocycles. The standard InChI is InChI=1S/C7H9F3O/c1-5(11)6(2-3-6)4-7(8,9)10/h2-4H2,1H3. The predicted octanol–water partition coefficient (Wildman–Crippen LogP) is 2.31. The van der Waals surface area contributed by atoms with Gasteiger partial charge in [-0.05, 0) is 19.8 Å². The summed E-state index contributed by atoms with van der Waals surface area (Å²) in [7, 11) is 0. The molecule has 0 aromatic heterocycles. The number of Topliss-reactive ketones (excluding diaryl/α,β-unsaturated/α-hetero) is 1. The van der Waals surface area contributed by atoms with Crippen LogP contribution >= 0.6 is 0 Å². The molecule has 1 fully saturated rings. The number of hydrogen-bond donors (Lipinski definition) is 0. The van der Waals surface area contributed by atoms with Gasteiger partial charge in [0.05, 0.1) is 6.42 Å². The van der Waals surface area contributed by atoms with Crippen LogP contribution in [0.15, 0.2) is 0 Å². The Morgan fingerprint density at radius 1 is 1.45 bits per heavy atom. The number of rotatable bonds is 2. The maximum Gasteiger partial charge on any atom is 0.390 e. The van der Waals surface area contributed by atoms with Crippen molar-refractivity contribution in [2.75, 3.05) is 0 Å². The van der Waals surface area contributed by atoms with Crippen LogP contribution < -0.4 is 0 Å². The van der Waals surface area contributed by atoms with Gasteiger partial charge >= 0.3 is 6.18 Å². The zero-order valence-electron chi connectivity index (χ0n) is 6.16. The first kappa shape index (κ1) is 8.56. The summed E-state index contributed by atoms with van der Waals surface area (Å²) in [5.41, 5.74) is -1.03. The van der Waals surface area contributed by atoms with Crippen molar-refractivity contribution in [2.45, 2.75) is 32.4 Å². The smallest absolute Gasteiger partial charge is 0.299 e. The van der Waals surface area contributed by atoms with E-state index in [1.165, 1.54) is 6.92 Å². The Kier molecular flexibility index (Phi) is 1.73. The fraction of sp³-hybridized carbons (Fsp3) is 0.857. The highest BCUT2D eigenvalue weighted by Crippen LogP contribution is 2.53. The average molecular weight is 166 g/mol. The lowest BCUT2D eigenvalue weighted by Crippen LogP contribution is -2.21. The largest absolute Gasteiger partial charge is 0.390 e. The van der Waals surface area contributed by atoms with Crippen LogP contribution in [0.5, 0.6) is 0 Å². The molecule has 0 N–H and O–H groups in total. The number of ketones is 1. The number of halogens is 3. The zero-order valence-corrected chi connectivity index (χ0v) is 6.16. The lowest BCUT2D eigenvalue weighted by molar-refractivity contribution is -0.155. The van der Waals surface area contributed by atoms with Crippen molar-refractivity contribution in [3.8, 4) is 0 Å². The van der Waals surface area contributed by atoms with Crippen LogP contribution in [0.1, 0.15) is 26.2 Å². The number of carbonyl (C=O) groups is 1. The molecule has 0 aromatic rings. The Bertz CT molecular complexity index is 179. The van der Waals surface area contributed by atoms with Gasteiger partial charge in [0.25, 0.3) is 0 Å². The molecule has 0 spiro atoms. The van der Waals surface area contributed by atoms with Gasteiger partial charge in [0.15, 0.2) is 0 Å². The molecule has 0 saturated heterocycles. The summed E-state index contributed by atoms with van der Waals surface area (Å²) in [6.45, 7) is 1.23. The molecule has 1 aliphatic rings. The summed E-state index contributed by atoms with van der Waals surface area (Å²) >= 11 is 0. The molecule has 1 nitrogen and oxygen atoms in total. The Morgan fingerprint density at radius 3 is 2.00 bits per heavy atom. The highest BCUT2D eigenvalue weighted by atomic mass is 19.4. The fourth-order valence-electron chi connectivity index (χ4n) is 1.19. The summed E-state index contributed by atoms with van der Waals surface area (Å²) in [5.74, 6) is -0.324. The van der Waals surface area contributed by atoms with Crippen molar-refractivity contribution in [3.63, 3.8) is 0 Å². The molecule has 0 amide bonds. The molecule has 0 radical (unpaired) electrons. The monoisotopic (exact) mass is 166 g/mol. The van der Waals surface area contributed by atoms with Gasteiger partial charge in [-0.2, -0.15) is 13.2 Å². The molecule has 0 atom stereocenters. The third-order valence-corrected chi connectivity index (χ3v) is 2.14. The molecule has 0 heterocycles. The summed E-state index contributed by atoms with van der Waals surface area (Å²) in [6.07, 6.45) is -4.32. The minimum absolute atomic E-state index is 0.324. The molecule has 0 bridgehead atoms. The van der Waals surface area contributed by atoms with E-state index in [-0.39, 0.29) is 5.78 Å². The number of carbonyl (C=O) groups excluding carboxylic acids is 1. The third-order valence-electron chi connectivity index (χ3n) is 2.14. The lowest BCUT2D eigenvalue weighted by atomic mass is 9.98. The lowest BCUT2D eigenvalue weighted by Gasteiger charge is -2.13. The molecule has 0 aromatic carbocycles. The Balaban J connectivity index is 2.55. The van der Waals surface area contributed by atoms with Crippen molar-refractivity contribution < 1.29 is 18.0 Å². The SMILES string of the molecule is CC(=O)C1(CC(F)(F)F)CC1. The van der Waals surface area contributed by atoms with E-state index in [2.05, 4.69) is 0 Å². The summed E-state index contributed by atoms with van der Waals surface area (Å²) in [6, 6.07) is 0. The summed E-state index contributed by atoms with van der Waals surface area (Å²) in [4.78, 5) is 10.7. The van der Waals surface area contributed by atoms with Crippen LogP contribution in [-0.2, 0) is 4.79 Å². The van der Waals surface area contributed by atoms with E-state index in [1.807, 2.05) is 0 Å². The van der Waals surface area contributed by atoms with Gasteiger partial charge in [0, 0.05) is 5.41 Å². The van der Waals surface area contributed by atoms with Crippen LogP contribution in [0.4, 0.5) is 13.2 Å². The van der Waals surface area contributed by atoms with Crippen LogP contribution in [0.25, 0.3) is 0 Å². The minimum atomic E-state index is -4.19. The summed E-state index contributed by atoms with van der Waals surface area (Å²) < 4.78 is 35.4. The maximum atomic E-state index is 11.8. The number of alkyl halides is 3. The van der Waals surface area contributed by atoms with E-state index < -0.39 is 18.0 Å². The van der Waals surface area contributed by atoms with Crippen molar-refractivity contribution in [3.05, 3.63) is 0 Å². The fourth-order valence-corrected chi connectivity index (χ4v) is 1.19. The second-order valence-corrected chi connectivity index (χ2v) is 3.13. The van der Waals surface area contributed by atoms with E-state index in [0.717, 1.165) is 0 Å². The van der Waals surface area contributed by atoms with Crippen molar-refractivity contribution >= 4 is 5.78 Å². The van der Waals surface area contributed by atoms with Crippen molar-refractivity contribution in [2.24, 2.45) is 5.41 Å². The van der Waals surface area contributed by atoms with Gasteiger partial charge < -0.3 is 0 Å². The molecule has 1 saturated carbocycles. The first-order chi connectivity index (χ1) is 4.86. The van der Waals surface area contributed by atoms with Gasteiger partial charge in [0.1, 0.15) is 5.78 Å². The van der Waals surface area contributed by atoms with Gasteiger partial charge in [-0.15, -0.1) is 0 Å². The Hall–Kier alpha value is -0.540. The van der Waals surface area contributed by atoms with E-state index in [4.69, 9.17) is 0 Å². The molecule has 0 unspecified atom stereocenters. The quantitative estimate of drug-likeness (QED) is 0.615. The van der Waals surface area contributed by atoms with E-state index in [9.17, 15) is 18.0 Å².